The van der Waals surface area contributed by atoms with Crippen molar-refractivity contribution in [2.45, 2.75) is 17.9 Å². The Morgan fingerprint density at radius 2 is 1.87 bits per heavy atom. The smallest absolute Gasteiger partial charge is 0.258 e. The molecule has 1 atom stereocenters. The minimum Gasteiger partial charge on any atom is -0.398 e. The van der Waals surface area contributed by atoms with Crippen LogP contribution in [0.4, 0.5) is 11.4 Å². The fourth-order valence-corrected chi connectivity index (χ4v) is 3.41. The molecule has 6 N–H and O–H groups in total. The van der Waals surface area contributed by atoms with Crippen LogP contribution in [0.1, 0.15) is 29.7 Å². The highest BCUT2D eigenvalue weighted by Gasteiger charge is 2.21. The number of ether oxygens (including phenoxy) is 1. The summed E-state index contributed by atoms with van der Waals surface area (Å²) in [4.78, 5) is 13.7. The molecule has 7 heteroatoms. The van der Waals surface area contributed by atoms with Gasteiger partial charge in [-0.25, -0.2) is 0 Å². The first-order chi connectivity index (χ1) is 14.5. The molecule has 6 nitrogen and oxygen atoms in total. The normalized spacial score (nSPS) is 11.7. The number of benzene rings is 3. The summed E-state index contributed by atoms with van der Waals surface area (Å²) in [6.45, 7) is 2.25. The zero-order valence-corrected chi connectivity index (χ0v) is 17.4. The highest BCUT2D eigenvalue weighted by Crippen LogP contribution is 2.25. The molecule has 0 saturated carbocycles. The number of carbonyl (C=O) groups excluding carboxylic acids is 1. The molecular formula is C23H24N4O2S. The Labute approximate surface area is 180 Å². The molecule has 0 heterocycles. The number of nitrogens with one attached hydrogen (secondary N) is 2. The van der Waals surface area contributed by atoms with Crippen LogP contribution in [0.3, 0.4) is 0 Å². The van der Waals surface area contributed by atoms with Crippen LogP contribution in [0.15, 0.2) is 77.7 Å². The monoisotopic (exact) mass is 420 g/mol. The number of rotatable bonds is 8. The van der Waals surface area contributed by atoms with Crippen molar-refractivity contribution in [2.75, 3.05) is 17.7 Å². The van der Waals surface area contributed by atoms with Crippen molar-refractivity contribution in [2.24, 2.45) is 5.14 Å². The van der Waals surface area contributed by atoms with Crippen LogP contribution in [-0.4, -0.2) is 18.2 Å². The summed E-state index contributed by atoms with van der Waals surface area (Å²) in [5.41, 5.74) is 9.36. The van der Waals surface area contributed by atoms with Crippen molar-refractivity contribution in [3.05, 3.63) is 89.5 Å². The minimum absolute atomic E-state index is 0.254. The summed E-state index contributed by atoms with van der Waals surface area (Å²) < 4.78 is 5.67. The van der Waals surface area contributed by atoms with Crippen molar-refractivity contribution in [3.63, 3.8) is 0 Å². The Morgan fingerprint density at radius 3 is 2.57 bits per heavy atom. The molecule has 1 unspecified atom stereocenters. The second-order valence-corrected chi connectivity index (χ2v) is 7.27. The lowest BCUT2D eigenvalue weighted by Gasteiger charge is -2.18. The number of hydrogen-bond acceptors (Lipinski definition) is 6. The van der Waals surface area contributed by atoms with Gasteiger partial charge in [0.1, 0.15) is 0 Å². The van der Waals surface area contributed by atoms with Gasteiger partial charge in [-0.15, -0.1) is 0 Å². The average Bonchev–Trinajstić information content (AvgIpc) is 2.78. The van der Waals surface area contributed by atoms with Crippen molar-refractivity contribution in [1.29, 1.82) is 5.41 Å². The van der Waals surface area contributed by atoms with Gasteiger partial charge in [-0.05, 0) is 54.8 Å². The van der Waals surface area contributed by atoms with Gasteiger partial charge >= 0.3 is 0 Å². The molecule has 0 fully saturated rings. The zero-order valence-electron chi connectivity index (χ0n) is 16.6. The number of nitrogen functional groups attached to an aromatic ring is 1. The van der Waals surface area contributed by atoms with Crippen LogP contribution in [0.25, 0.3) is 0 Å². The quantitative estimate of drug-likeness (QED) is 0.245. The third-order valence-electron chi connectivity index (χ3n) is 4.52. The van der Waals surface area contributed by atoms with Crippen molar-refractivity contribution >= 4 is 34.9 Å². The van der Waals surface area contributed by atoms with E-state index in [-0.39, 0.29) is 11.6 Å². The first kappa shape index (κ1) is 21.6. The van der Waals surface area contributed by atoms with Crippen molar-refractivity contribution < 1.29 is 9.53 Å². The van der Waals surface area contributed by atoms with Gasteiger partial charge in [0.05, 0.1) is 5.71 Å². The Balaban J connectivity index is 1.85. The number of nitrogens with two attached hydrogens (primary N) is 2. The summed E-state index contributed by atoms with van der Waals surface area (Å²) in [5.74, 6) is -0.285. The summed E-state index contributed by atoms with van der Waals surface area (Å²) >= 11 is 1.12. The number of amides is 1. The largest absolute Gasteiger partial charge is 0.398 e. The lowest BCUT2D eigenvalue weighted by atomic mass is 10.00. The van der Waals surface area contributed by atoms with Crippen LogP contribution < -0.4 is 16.2 Å². The van der Waals surface area contributed by atoms with Gasteiger partial charge in [-0.2, -0.15) is 0 Å². The molecule has 154 valence electrons. The van der Waals surface area contributed by atoms with E-state index in [2.05, 4.69) is 5.32 Å². The molecule has 0 aliphatic rings. The number of hydrogen-bond donors (Lipinski definition) is 4. The lowest BCUT2D eigenvalue weighted by Crippen LogP contribution is -2.23. The zero-order chi connectivity index (χ0) is 21.5. The van der Waals surface area contributed by atoms with Gasteiger partial charge in [0.25, 0.3) is 5.91 Å². The van der Waals surface area contributed by atoms with E-state index in [0.29, 0.717) is 29.1 Å². The predicted molar refractivity (Wildman–Crippen MR) is 123 cm³/mol. The van der Waals surface area contributed by atoms with E-state index >= 15 is 0 Å². The molecule has 1 amide bonds. The van der Waals surface area contributed by atoms with E-state index < -0.39 is 6.10 Å². The maximum Gasteiger partial charge on any atom is 0.258 e. The van der Waals surface area contributed by atoms with Gasteiger partial charge in [0.15, 0.2) is 6.10 Å². The third kappa shape index (κ3) is 5.07. The molecule has 0 saturated heterocycles. The van der Waals surface area contributed by atoms with E-state index in [0.717, 1.165) is 22.4 Å². The van der Waals surface area contributed by atoms with Gasteiger partial charge < -0.3 is 15.8 Å². The Bertz CT molecular complexity index is 1040. The van der Waals surface area contributed by atoms with E-state index in [1.165, 1.54) is 0 Å². The van der Waals surface area contributed by atoms with Crippen molar-refractivity contribution in [3.8, 4) is 0 Å². The maximum atomic E-state index is 12.9. The first-order valence-corrected chi connectivity index (χ1v) is 10.3. The summed E-state index contributed by atoms with van der Waals surface area (Å²) in [6.07, 6.45) is -0.727. The van der Waals surface area contributed by atoms with Gasteiger partial charge in [0, 0.05) is 34.0 Å². The molecule has 0 spiro atoms. The van der Waals surface area contributed by atoms with Gasteiger partial charge in [-0.3, -0.25) is 15.3 Å². The van der Waals surface area contributed by atoms with Crippen molar-refractivity contribution in [1.82, 2.24) is 0 Å². The molecular weight excluding hydrogens is 396 g/mol. The predicted octanol–water partition coefficient (Wildman–Crippen LogP) is 4.37. The van der Waals surface area contributed by atoms with E-state index in [1.807, 2.05) is 61.5 Å². The molecule has 3 aromatic carbocycles. The molecule has 3 rings (SSSR count). The Morgan fingerprint density at radius 1 is 1.10 bits per heavy atom. The van der Waals surface area contributed by atoms with E-state index in [1.54, 1.807) is 18.2 Å². The first-order valence-electron chi connectivity index (χ1n) is 9.46. The van der Waals surface area contributed by atoms with Crippen LogP contribution in [0, 0.1) is 5.41 Å². The maximum absolute atomic E-state index is 12.9. The molecule has 0 aliphatic carbocycles. The van der Waals surface area contributed by atoms with E-state index in [9.17, 15) is 4.79 Å². The van der Waals surface area contributed by atoms with Gasteiger partial charge in [0.2, 0.25) is 0 Å². The second-order valence-electron chi connectivity index (χ2n) is 6.56. The fraction of sp³-hybridized carbons (Fsp3) is 0.130. The highest BCUT2D eigenvalue weighted by molar-refractivity contribution is 7.97. The van der Waals surface area contributed by atoms with Crippen LogP contribution in [-0.2, 0) is 9.53 Å². The highest BCUT2D eigenvalue weighted by atomic mass is 32.2. The summed E-state index contributed by atoms with van der Waals surface area (Å²) in [5, 5.41) is 17.1. The molecule has 3 aromatic rings. The van der Waals surface area contributed by atoms with E-state index in [4.69, 9.17) is 21.0 Å². The summed E-state index contributed by atoms with van der Waals surface area (Å²) in [7, 11) is 0. The minimum atomic E-state index is -0.727. The van der Waals surface area contributed by atoms with Crippen LogP contribution >= 0.6 is 11.9 Å². The third-order valence-corrected chi connectivity index (χ3v) is 5.05. The van der Waals surface area contributed by atoms with Gasteiger partial charge in [-0.1, -0.05) is 42.5 Å². The lowest BCUT2D eigenvalue weighted by molar-refractivity contribution is -0.127. The molecule has 0 aromatic heterocycles. The molecule has 0 aliphatic heterocycles. The molecule has 30 heavy (non-hydrogen) atoms. The topological polar surface area (TPSA) is 114 Å². The standard InChI is InChI=1S/C23H24N4O2S/c1-2-29-22(15-7-4-3-5-8-15)23(28)27-17-11-12-20(24)19(14-17)21(25)16-9-6-10-18(13-16)30-26/h3-14,22,25H,2,24,26H2,1H3,(H,27,28). The molecule has 0 radical (unpaired) electrons. The number of carbonyl (C=O) groups is 1. The average molecular weight is 421 g/mol. The molecule has 0 bridgehead atoms. The Kier molecular flexibility index (Phi) is 7.24. The second kappa shape index (κ2) is 10.1. The number of anilines is 2. The van der Waals surface area contributed by atoms with Crippen LogP contribution in [0.5, 0.6) is 0 Å². The Hall–Kier alpha value is -3.13. The summed E-state index contributed by atoms with van der Waals surface area (Å²) in [6, 6.07) is 21.8. The van der Waals surface area contributed by atoms with Crippen LogP contribution in [0.2, 0.25) is 0 Å². The fourth-order valence-electron chi connectivity index (χ4n) is 3.06. The SMILES string of the molecule is CCOC(C(=O)Nc1ccc(N)c(C(=N)c2cccc(SN)c2)c1)c1ccccc1.